The van der Waals surface area contributed by atoms with Crippen LogP contribution in [0.3, 0.4) is 0 Å². The average molecular weight is 400 g/mol. The highest BCUT2D eigenvalue weighted by molar-refractivity contribution is 7.91. The highest BCUT2D eigenvalue weighted by Crippen LogP contribution is 2.39. The zero-order chi connectivity index (χ0) is 20.0. The van der Waals surface area contributed by atoms with Gasteiger partial charge in [0.25, 0.3) is 5.91 Å². The lowest BCUT2D eigenvalue weighted by Gasteiger charge is -2.27. The fourth-order valence-electron chi connectivity index (χ4n) is 3.27. The molecule has 1 aliphatic rings. The van der Waals surface area contributed by atoms with E-state index in [4.69, 9.17) is 14.2 Å². The maximum absolute atomic E-state index is 13.1. The molecule has 0 spiro atoms. The van der Waals surface area contributed by atoms with Gasteiger partial charge in [-0.3, -0.25) is 4.79 Å². The van der Waals surface area contributed by atoms with Crippen LogP contribution in [0.4, 0.5) is 0 Å². The van der Waals surface area contributed by atoms with Crippen molar-refractivity contribution in [3.05, 3.63) is 17.7 Å². The minimum absolute atomic E-state index is 0.0141. The number of carbonyl (C=O) groups is 1. The summed E-state index contributed by atoms with van der Waals surface area (Å²) in [7, 11) is -3.08. The lowest BCUT2D eigenvalue weighted by atomic mass is 10.1. The number of ether oxygens (including phenoxy) is 3. The van der Waals surface area contributed by atoms with Crippen LogP contribution in [0.1, 0.15) is 44.5 Å². The number of nitrogens with zero attached hydrogens (tertiary/aromatic N) is 1. The second-order valence-electron chi connectivity index (χ2n) is 6.25. The van der Waals surface area contributed by atoms with Gasteiger partial charge in [0.1, 0.15) is 0 Å². The third-order valence-electron chi connectivity index (χ3n) is 4.41. The van der Waals surface area contributed by atoms with E-state index in [1.54, 1.807) is 17.0 Å². The van der Waals surface area contributed by atoms with Crippen molar-refractivity contribution < 1.29 is 27.4 Å². The van der Waals surface area contributed by atoms with Crippen LogP contribution < -0.4 is 14.2 Å². The van der Waals surface area contributed by atoms with Crippen molar-refractivity contribution in [3.63, 3.8) is 0 Å². The fraction of sp³-hybridized carbons (Fsp3) is 0.632. The van der Waals surface area contributed by atoms with Crippen LogP contribution in [0.25, 0.3) is 0 Å². The Morgan fingerprint density at radius 3 is 2.00 bits per heavy atom. The Labute approximate surface area is 161 Å². The number of sulfone groups is 1. The van der Waals surface area contributed by atoms with Crippen molar-refractivity contribution in [2.45, 2.75) is 40.2 Å². The highest BCUT2D eigenvalue weighted by Gasteiger charge is 2.34. The Kier molecular flexibility index (Phi) is 7.35. The maximum atomic E-state index is 13.1. The van der Waals surface area contributed by atoms with Gasteiger partial charge in [-0.1, -0.05) is 0 Å². The Morgan fingerprint density at radius 1 is 1.04 bits per heavy atom. The van der Waals surface area contributed by atoms with E-state index in [-0.39, 0.29) is 23.5 Å². The molecule has 152 valence electrons. The standard InChI is InChI=1S/C19H29NO6S/c1-5-20(15-9-10-27(22,23)13-15)19(21)14-11-16(24-6-2)18(26-8-4)17(12-14)25-7-3/h11-12,15H,5-10,13H2,1-4H3/t15-/m0/s1. The minimum atomic E-state index is -3.08. The third kappa shape index (κ3) is 5.06. The summed E-state index contributed by atoms with van der Waals surface area (Å²) >= 11 is 0. The smallest absolute Gasteiger partial charge is 0.254 e. The molecule has 8 heteroatoms. The number of carbonyl (C=O) groups excluding carboxylic acids is 1. The van der Waals surface area contributed by atoms with E-state index in [9.17, 15) is 13.2 Å². The summed E-state index contributed by atoms with van der Waals surface area (Å²) in [5.41, 5.74) is 0.400. The summed E-state index contributed by atoms with van der Waals surface area (Å²) in [6.45, 7) is 9.13. The van der Waals surface area contributed by atoms with Crippen LogP contribution in [0.2, 0.25) is 0 Å². The Hall–Kier alpha value is -1.96. The number of benzene rings is 1. The highest BCUT2D eigenvalue weighted by atomic mass is 32.2. The van der Waals surface area contributed by atoms with E-state index in [0.717, 1.165) is 0 Å². The molecule has 0 aliphatic carbocycles. The SMILES string of the molecule is CCOc1cc(C(=O)N(CC)[C@H]2CCS(=O)(=O)C2)cc(OCC)c1OCC. The predicted octanol–water partition coefficient (Wildman–Crippen LogP) is 2.53. The van der Waals surface area contributed by atoms with E-state index in [0.29, 0.717) is 55.6 Å². The molecule has 27 heavy (non-hydrogen) atoms. The van der Waals surface area contributed by atoms with Crippen LogP contribution in [-0.4, -0.2) is 63.1 Å². The quantitative estimate of drug-likeness (QED) is 0.635. The number of hydrogen-bond acceptors (Lipinski definition) is 6. The maximum Gasteiger partial charge on any atom is 0.254 e. The van der Waals surface area contributed by atoms with Gasteiger partial charge in [-0.05, 0) is 46.2 Å². The monoisotopic (exact) mass is 399 g/mol. The summed E-state index contributed by atoms with van der Waals surface area (Å²) in [6, 6.07) is 2.99. The molecule has 1 aromatic rings. The van der Waals surface area contributed by atoms with Crippen LogP contribution in [0.15, 0.2) is 12.1 Å². The van der Waals surface area contributed by atoms with Crippen molar-refractivity contribution in [1.29, 1.82) is 0 Å². The first-order chi connectivity index (χ1) is 12.9. The first-order valence-corrected chi connectivity index (χ1v) is 11.3. The lowest BCUT2D eigenvalue weighted by Crippen LogP contribution is -2.41. The molecule has 0 bridgehead atoms. The Bertz CT molecular complexity index is 734. The molecular formula is C19H29NO6S. The molecule has 1 saturated heterocycles. The molecule has 1 aliphatic heterocycles. The zero-order valence-corrected chi connectivity index (χ0v) is 17.3. The van der Waals surface area contributed by atoms with Crippen LogP contribution in [-0.2, 0) is 9.84 Å². The zero-order valence-electron chi connectivity index (χ0n) is 16.5. The molecule has 1 heterocycles. The Balaban J connectivity index is 2.41. The molecule has 0 saturated carbocycles. The molecule has 0 radical (unpaired) electrons. The van der Waals surface area contributed by atoms with Crippen molar-refractivity contribution >= 4 is 15.7 Å². The normalized spacial score (nSPS) is 18.1. The first-order valence-electron chi connectivity index (χ1n) is 9.44. The average Bonchev–Trinajstić information content (AvgIpc) is 2.98. The van der Waals surface area contributed by atoms with Gasteiger partial charge in [0, 0.05) is 18.2 Å². The molecule has 1 atom stereocenters. The lowest BCUT2D eigenvalue weighted by molar-refractivity contribution is 0.0707. The second kappa shape index (κ2) is 9.30. The second-order valence-corrected chi connectivity index (χ2v) is 8.48. The van der Waals surface area contributed by atoms with Gasteiger partial charge in [0.15, 0.2) is 21.3 Å². The molecule has 1 amide bonds. The van der Waals surface area contributed by atoms with Gasteiger partial charge < -0.3 is 19.1 Å². The van der Waals surface area contributed by atoms with Gasteiger partial charge in [-0.2, -0.15) is 0 Å². The van der Waals surface area contributed by atoms with Crippen molar-refractivity contribution in [2.24, 2.45) is 0 Å². The van der Waals surface area contributed by atoms with Crippen LogP contribution >= 0.6 is 0 Å². The number of rotatable bonds is 9. The van der Waals surface area contributed by atoms with E-state index in [1.165, 1.54) is 0 Å². The number of amides is 1. The summed E-state index contributed by atoms with van der Waals surface area (Å²) < 4.78 is 40.6. The molecule has 0 aromatic heterocycles. The van der Waals surface area contributed by atoms with E-state index in [1.807, 2.05) is 27.7 Å². The van der Waals surface area contributed by atoms with Gasteiger partial charge in [0.2, 0.25) is 5.75 Å². The molecule has 0 unspecified atom stereocenters. The molecule has 2 rings (SSSR count). The largest absolute Gasteiger partial charge is 0.490 e. The van der Waals surface area contributed by atoms with Crippen LogP contribution in [0.5, 0.6) is 17.2 Å². The van der Waals surface area contributed by atoms with Crippen LogP contribution in [0, 0.1) is 0 Å². The van der Waals surface area contributed by atoms with E-state index < -0.39 is 9.84 Å². The molecule has 7 nitrogen and oxygen atoms in total. The van der Waals surface area contributed by atoms with Gasteiger partial charge in [-0.25, -0.2) is 8.42 Å². The molecule has 1 aromatic carbocycles. The summed E-state index contributed by atoms with van der Waals surface area (Å²) in [4.78, 5) is 14.8. The molecular weight excluding hydrogens is 370 g/mol. The summed E-state index contributed by atoms with van der Waals surface area (Å²) in [6.07, 6.45) is 0.468. The predicted molar refractivity (Wildman–Crippen MR) is 104 cm³/mol. The van der Waals surface area contributed by atoms with Crippen molar-refractivity contribution in [2.75, 3.05) is 37.9 Å². The van der Waals surface area contributed by atoms with E-state index >= 15 is 0 Å². The van der Waals surface area contributed by atoms with E-state index in [2.05, 4.69) is 0 Å². The molecule has 1 fully saturated rings. The Morgan fingerprint density at radius 2 is 1.59 bits per heavy atom. The minimum Gasteiger partial charge on any atom is -0.490 e. The van der Waals surface area contributed by atoms with Crippen molar-refractivity contribution in [3.8, 4) is 17.2 Å². The van der Waals surface area contributed by atoms with Crippen molar-refractivity contribution in [1.82, 2.24) is 4.90 Å². The topological polar surface area (TPSA) is 82.1 Å². The summed E-state index contributed by atoms with van der Waals surface area (Å²) in [5.74, 6) is 1.28. The van der Waals surface area contributed by atoms with Gasteiger partial charge in [-0.15, -0.1) is 0 Å². The number of hydrogen-bond donors (Lipinski definition) is 0. The van der Waals surface area contributed by atoms with Gasteiger partial charge in [0.05, 0.1) is 31.3 Å². The molecule has 0 N–H and O–H groups in total. The van der Waals surface area contributed by atoms with Gasteiger partial charge >= 0.3 is 0 Å². The first kappa shape index (κ1) is 21.3. The fourth-order valence-corrected chi connectivity index (χ4v) is 5.00. The summed E-state index contributed by atoms with van der Waals surface area (Å²) in [5, 5.41) is 0. The third-order valence-corrected chi connectivity index (χ3v) is 6.16.